The zero-order valence-electron chi connectivity index (χ0n) is 34.8. The van der Waals surface area contributed by atoms with Crippen molar-refractivity contribution in [3.63, 3.8) is 0 Å². The van der Waals surface area contributed by atoms with E-state index in [0.29, 0.717) is 0 Å². The molecule has 0 aliphatic heterocycles. The molecule has 2 aromatic heterocycles. The summed E-state index contributed by atoms with van der Waals surface area (Å²) in [7, 11) is 0. The van der Waals surface area contributed by atoms with Crippen LogP contribution in [0.25, 0.3) is 72.7 Å². The predicted octanol–water partition coefficient (Wildman–Crippen LogP) is 17.8. The van der Waals surface area contributed by atoms with Crippen molar-refractivity contribution in [2.24, 2.45) is 0 Å². The molecule has 12 rings (SSSR count). The first-order valence-corrected chi connectivity index (χ1v) is 22.7. The second-order valence-electron chi connectivity index (χ2n) is 16.8. The van der Waals surface area contributed by atoms with Crippen LogP contribution < -0.4 is 9.80 Å². The minimum atomic E-state index is 1.16. The van der Waals surface area contributed by atoms with Crippen LogP contribution in [0.5, 0.6) is 0 Å². The Morgan fingerprint density at radius 1 is 0.311 bits per heavy atom. The van der Waals surface area contributed by atoms with Crippen LogP contribution in [0, 0.1) is 34.6 Å². The lowest BCUT2D eigenvalue weighted by Gasteiger charge is -2.30. The van der Waals surface area contributed by atoms with E-state index in [1.807, 2.05) is 22.7 Å². The van der Waals surface area contributed by atoms with Gasteiger partial charge in [-0.15, -0.1) is 22.7 Å². The third-order valence-electron chi connectivity index (χ3n) is 13.2. The van der Waals surface area contributed by atoms with Gasteiger partial charge in [0.05, 0.1) is 32.1 Å². The quantitative estimate of drug-likeness (QED) is 0.154. The Kier molecular flexibility index (Phi) is 8.09. The lowest BCUT2D eigenvalue weighted by atomic mass is 9.89. The maximum Gasteiger partial charge on any atom is 0.0640 e. The molecule has 292 valence electrons. The predicted molar refractivity (Wildman–Crippen MR) is 269 cm³/mol. The topological polar surface area (TPSA) is 6.48 Å². The summed E-state index contributed by atoms with van der Waals surface area (Å²) in [5.74, 6) is 0. The van der Waals surface area contributed by atoms with E-state index in [-0.39, 0.29) is 0 Å². The molecule has 0 amide bonds. The number of rotatable bonds is 6. The van der Waals surface area contributed by atoms with Crippen LogP contribution >= 0.6 is 22.7 Å². The van der Waals surface area contributed by atoms with Crippen molar-refractivity contribution in [3.8, 4) is 0 Å². The van der Waals surface area contributed by atoms with E-state index in [9.17, 15) is 0 Å². The molecule has 0 fully saturated rings. The summed E-state index contributed by atoms with van der Waals surface area (Å²) >= 11 is 3.78. The average molecular weight is 819 g/mol. The molecular weight excluding hydrogens is 777 g/mol. The minimum absolute atomic E-state index is 1.16. The van der Waals surface area contributed by atoms with E-state index in [1.54, 1.807) is 0 Å². The van der Waals surface area contributed by atoms with Gasteiger partial charge in [0, 0.05) is 53.1 Å². The van der Waals surface area contributed by atoms with Crippen molar-refractivity contribution >= 4 is 129 Å². The van der Waals surface area contributed by atoms with Crippen LogP contribution in [0.4, 0.5) is 34.1 Å². The molecule has 61 heavy (non-hydrogen) atoms. The molecule has 0 spiro atoms. The molecule has 0 radical (unpaired) electrons. The maximum atomic E-state index is 2.54. The van der Waals surface area contributed by atoms with Gasteiger partial charge in [-0.3, -0.25) is 0 Å². The van der Waals surface area contributed by atoms with E-state index in [2.05, 4.69) is 208 Å². The number of hydrogen-bond donors (Lipinski definition) is 0. The first-order valence-electron chi connectivity index (χ1n) is 21.1. The highest BCUT2D eigenvalue weighted by atomic mass is 32.1. The number of benzene rings is 10. The summed E-state index contributed by atoms with van der Waals surface area (Å²) in [4.78, 5) is 5.06. The van der Waals surface area contributed by atoms with Crippen LogP contribution in [-0.2, 0) is 0 Å². The molecule has 0 aliphatic rings. The third kappa shape index (κ3) is 5.45. The monoisotopic (exact) mass is 818 g/mol. The Bertz CT molecular complexity index is 3740. The van der Waals surface area contributed by atoms with Crippen molar-refractivity contribution in [2.75, 3.05) is 9.80 Å². The third-order valence-corrected chi connectivity index (χ3v) is 15.6. The normalized spacial score (nSPS) is 12.0. The van der Waals surface area contributed by atoms with Gasteiger partial charge in [-0.2, -0.15) is 0 Å². The molecule has 0 atom stereocenters. The number of aryl methyl sites for hydroxylation is 5. The van der Waals surface area contributed by atoms with E-state index >= 15 is 0 Å². The molecule has 0 aliphatic carbocycles. The smallest absolute Gasteiger partial charge is 0.0640 e. The number of anilines is 6. The van der Waals surface area contributed by atoms with Gasteiger partial charge in [0.15, 0.2) is 0 Å². The van der Waals surface area contributed by atoms with Gasteiger partial charge in [0.2, 0.25) is 0 Å². The van der Waals surface area contributed by atoms with Crippen molar-refractivity contribution in [2.45, 2.75) is 34.6 Å². The molecule has 0 saturated heterocycles. The molecule has 0 N–H and O–H groups in total. The summed E-state index contributed by atoms with van der Waals surface area (Å²) in [6, 6.07) is 61.8. The zero-order valence-corrected chi connectivity index (χ0v) is 36.4. The Morgan fingerprint density at radius 2 is 0.803 bits per heavy atom. The molecule has 10 aromatic carbocycles. The molecule has 4 heteroatoms. The Morgan fingerprint density at radius 3 is 1.39 bits per heavy atom. The largest absolute Gasteiger partial charge is 0.308 e. The summed E-state index contributed by atoms with van der Waals surface area (Å²) in [6.07, 6.45) is 0. The van der Waals surface area contributed by atoms with Gasteiger partial charge in [-0.25, -0.2) is 0 Å². The van der Waals surface area contributed by atoms with Gasteiger partial charge >= 0.3 is 0 Å². The summed E-state index contributed by atoms with van der Waals surface area (Å²) in [6.45, 7) is 11.2. The van der Waals surface area contributed by atoms with Crippen LogP contribution in [0.2, 0.25) is 0 Å². The number of fused-ring (bicyclic) bond motifs is 6. The highest BCUT2D eigenvalue weighted by molar-refractivity contribution is 7.26. The second kappa shape index (κ2) is 13.7. The highest BCUT2D eigenvalue weighted by Gasteiger charge is 2.26. The first-order chi connectivity index (χ1) is 29.8. The molecule has 0 unspecified atom stereocenters. The summed E-state index contributed by atoms with van der Waals surface area (Å²) in [5.41, 5.74) is 13.5. The van der Waals surface area contributed by atoms with E-state index in [0.717, 1.165) is 5.69 Å². The summed E-state index contributed by atoms with van der Waals surface area (Å²) < 4.78 is 5.21. The average Bonchev–Trinajstić information content (AvgIpc) is 3.86. The first kappa shape index (κ1) is 36.2. The van der Waals surface area contributed by atoms with Crippen LogP contribution in [0.3, 0.4) is 0 Å². The van der Waals surface area contributed by atoms with Crippen molar-refractivity contribution in [1.29, 1.82) is 0 Å². The molecule has 12 aromatic rings. The fraction of sp³-hybridized carbons (Fsp3) is 0.0877. The Hall–Kier alpha value is -6.72. The van der Waals surface area contributed by atoms with Crippen molar-refractivity contribution < 1.29 is 0 Å². The number of thiophene rings is 2. The van der Waals surface area contributed by atoms with E-state index in [4.69, 9.17) is 0 Å². The fourth-order valence-corrected chi connectivity index (χ4v) is 12.2. The van der Waals surface area contributed by atoms with Crippen LogP contribution in [-0.4, -0.2) is 0 Å². The lowest BCUT2D eigenvalue weighted by molar-refractivity contribution is 1.27. The standard InChI is InChI=1S/C57H42N2S2/c1-33-20-24-39(30-35(33)3)58(49-16-10-14-44-42-12-6-8-18-52(42)60-56(44)49)48-29-23-38-22-26-47-51(32-37(5)41-27-28-46(48)54(38)55(41)47)59(40-25-21-34(2)36(4)31-40)50-17-11-15-45-43-13-7-9-19-53(43)61-57(45)50/h6-32H,1-5H3. The molecular formula is C57H42N2S2. The zero-order chi connectivity index (χ0) is 41.1. The second-order valence-corrected chi connectivity index (χ2v) is 18.9. The molecule has 2 nitrogen and oxygen atoms in total. The molecule has 0 bridgehead atoms. The van der Waals surface area contributed by atoms with Gasteiger partial charge in [0.1, 0.15) is 0 Å². The van der Waals surface area contributed by atoms with E-state index < -0.39 is 0 Å². The van der Waals surface area contributed by atoms with Gasteiger partial charge in [-0.1, -0.05) is 103 Å². The van der Waals surface area contributed by atoms with Crippen molar-refractivity contribution in [3.05, 3.63) is 192 Å². The van der Waals surface area contributed by atoms with Crippen molar-refractivity contribution in [1.82, 2.24) is 0 Å². The number of nitrogens with zero attached hydrogens (tertiary/aromatic N) is 2. The van der Waals surface area contributed by atoms with Crippen LogP contribution in [0.15, 0.2) is 164 Å². The van der Waals surface area contributed by atoms with Gasteiger partial charge in [-0.05, 0) is 145 Å². The molecule has 0 saturated carbocycles. The highest BCUT2D eigenvalue weighted by Crippen LogP contribution is 2.52. The SMILES string of the molecule is Cc1ccc(N(c2ccc3ccc4c(N(c5ccc(C)c(C)c5)c5cccc6c5sc5ccccc56)cc(C)c5ccc2c3c54)c2cccc3c2sc2ccccc23)cc1C. The Labute approximate surface area is 363 Å². The fourth-order valence-electron chi connectivity index (χ4n) is 9.78. The molecule has 2 heterocycles. The number of hydrogen-bond acceptors (Lipinski definition) is 4. The van der Waals surface area contributed by atoms with Gasteiger partial charge < -0.3 is 9.80 Å². The minimum Gasteiger partial charge on any atom is -0.308 e. The van der Waals surface area contributed by atoms with Crippen LogP contribution in [0.1, 0.15) is 27.8 Å². The lowest BCUT2D eigenvalue weighted by Crippen LogP contribution is -2.12. The maximum absolute atomic E-state index is 2.54. The van der Waals surface area contributed by atoms with E-state index in [1.165, 1.54) is 129 Å². The Balaban J connectivity index is 1.16. The van der Waals surface area contributed by atoms with Gasteiger partial charge in [0.25, 0.3) is 0 Å². The summed E-state index contributed by atoms with van der Waals surface area (Å²) in [5, 5.41) is 12.8.